The molecule has 0 aliphatic heterocycles. The summed E-state index contributed by atoms with van der Waals surface area (Å²) in [6.45, 7) is 1.92. The average Bonchev–Trinajstić information content (AvgIpc) is 2.27. The zero-order chi connectivity index (χ0) is 14.6. The summed E-state index contributed by atoms with van der Waals surface area (Å²) >= 11 is 0. The van der Waals surface area contributed by atoms with E-state index in [1.807, 2.05) is 6.92 Å². The molecule has 0 bridgehead atoms. The minimum Gasteiger partial charge on any atom is -0.327 e. The summed E-state index contributed by atoms with van der Waals surface area (Å²) in [5.41, 5.74) is 4.45. The first kappa shape index (κ1) is 15.4. The molecule has 19 heavy (non-hydrogen) atoms. The number of nitro benzene ring substituents is 1. The molecule has 1 rings (SSSR count). The van der Waals surface area contributed by atoms with Gasteiger partial charge in [0.2, 0.25) is 0 Å². The molecule has 4 nitrogen and oxygen atoms in total. The molecule has 0 spiro atoms. The van der Waals surface area contributed by atoms with Crippen molar-refractivity contribution in [2.24, 2.45) is 5.73 Å². The Morgan fingerprint density at radius 2 is 2.05 bits per heavy atom. The van der Waals surface area contributed by atoms with Gasteiger partial charge in [-0.1, -0.05) is 19.4 Å². The first-order valence-corrected chi connectivity index (χ1v) is 5.85. The standard InChI is InChI=1S/C12H15F3N2O2/c1-2-3-10(16)6-8-4-5-9(12(13,14)15)7-11(8)17(18)19/h4-5,7,10H,2-3,6,16H2,1H3. The van der Waals surface area contributed by atoms with E-state index < -0.39 is 22.4 Å². The van der Waals surface area contributed by atoms with E-state index in [2.05, 4.69) is 0 Å². The molecule has 0 aliphatic carbocycles. The van der Waals surface area contributed by atoms with E-state index in [0.717, 1.165) is 18.6 Å². The van der Waals surface area contributed by atoms with E-state index in [9.17, 15) is 23.3 Å². The van der Waals surface area contributed by atoms with Crippen LogP contribution in [-0.2, 0) is 12.6 Å². The number of nitro groups is 1. The van der Waals surface area contributed by atoms with Gasteiger partial charge in [-0.25, -0.2) is 0 Å². The Balaban J connectivity index is 3.09. The Labute approximate surface area is 108 Å². The molecule has 1 aromatic carbocycles. The maximum absolute atomic E-state index is 12.5. The lowest BCUT2D eigenvalue weighted by molar-refractivity contribution is -0.385. The molecular formula is C12H15F3N2O2. The van der Waals surface area contributed by atoms with Crippen molar-refractivity contribution >= 4 is 5.69 Å². The number of alkyl halides is 3. The highest BCUT2D eigenvalue weighted by atomic mass is 19.4. The van der Waals surface area contributed by atoms with Crippen molar-refractivity contribution in [2.75, 3.05) is 0 Å². The second-order valence-corrected chi connectivity index (χ2v) is 4.35. The number of nitrogens with two attached hydrogens (primary N) is 1. The maximum atomic E-state index is 12.5. The van der Waals surface area contributed by atoms with Crippen LogP contribution in [0.4, 0.5) is 18.9 Å². The van der Waals surface area contributed by atoms with Gasteiger partial charge in [0.15, 0.2) is 0 Å². The summed E-state index contributed by atoms with van der Waals surface area (Å²) in [7, 11) is 0. The van der Waals surface area contributed by atoms with Gasteiger partial charge in [0.1, 0.15) is 0 Å². The number of benzene rings is 1. The summed E-state index contributed by atoms with van der Waals surface area (Å²) in [5, 5.41) is 10.8. The van der Waals surface area contributed by atoms with Crippen molar-refractivity contribution < 1.29 is 18.1 Å². The SMILES string of the molecule is CCCC(N)Cc1ccc(C(F)(F)F)cc1[N+](=O)[O-]. The molecule has 0 aliphatic rings. The summed E-state index contributed by atoms with van der Waals surface area (Å²) in [4.78, 5) is 10.0. The van der Waals surface area contributed by atoms with Crippen molar-refractivity contribution in [3.8, 4) is 0 Å². The largest absolute Gasteiger partial charge is 0.416 e. The lowest BCUT2D eigenvalue weighted by atomic mass is 10.00. The summed E-state index contributed by atoms with van der Waals surface area (Å²) in [6, 6.07) is 2.26. The van der Waals surface area contributed by atoms with Crippen LogP contribution in [0, 0.1) is 10.1 Å². The van der Waals surface area contributed by atoms with Crippen LogP contribution in [0.1, 0.15) is 30.9 Å². The van der Waals surface area contributed by atoms with Crippen molar-refractivity contribution in [3.05, 3.63) is 39.4 Å². The second-order valence-electron chi connectivity index (χ2n) is 4.35. The van der Waals surface area contributed by atoms with E-state index in [0.29, 0.717) is 12.5 Å². The average molecular weight is 276 g/mol. The van der Waals surface area contributed by atoms with Gasteiger partial charge in [0, 0.05) is 17.7 Å². The minimum atomic E-state index is -4.59. The number of nitrogens with zero attached hydrogens (tertiary/aromatic N) is 1. The van der Waals surface area contributed by atoms with Crippen LogP contribution in [-0.4, -0.2) is 11.0 Å². The summed E-state index contributed by atoms with van der Waals surface area (Å²) < 4.78 is 37.5. The van der Waals surface area contributed by atoms with E-state index in [-0.39, 0.29) is 18.0 Å². The quantitative estimate of drug-likeness (QED) is 0.662. The molecule has 2 N–H and O–H groups in total. The fourth-order valence-electron chi connectivity index (χ4n) is 1.84. The molecule has 0 fully saturated rings. The monoisotopic (exact) mass is 276 g/mol. The number of hydrogen-bond acceptors (Lipinski definition) is 3. The molecule has 1 atom stereocenters. The molecular weight excluding hydrogens is 261 g/mol. The van der Waals surface area contributed by atoms with Gasteiger partial charge in [-0.3, -0.25) is 10.1 Å². The first-order valence-electron chi connectivity index (χ1n) is 5.85. The predicted octanol–water partition coefficient (Wildman–Crippen LogP) is 3.28. The van der Waals surface area contributed by atoms with E-state index in [4.69, 9.17) is 5.73 Å². The molecule has 1 aromatic rings. The third-order valence-electron chi connectivity index (χ3n) is 2.75. The lowest BCUT2D eigenvalue weighted by Gasteiger charge is -2.12. The third-order valence-corrected chi connectivity index (χ3v) is 2.75. The molecule has 0 saturated carbocycles. The fourth-order valence-corrected chi connectivity index (χ4v) is 1.84. The Morgan fingerprint density at radius 1 is 1.42 bits per heavy atom. The molecule has 106 valence electrons. The molecule has 0 radical (unpaired) electrons. The fraction of sp³-hybridized carbons (Fsp3) is 0.500. The van der Waals surface area contributed by atoms with E-state index in [1.165, 1.54) is 0 Å². The van der Waals surface area contributed by atoms with Gasteiger partial charge in [0.25, 0.3) is 5.69 Å². The molecule has 7 heteroatoms. The first-order chi connectivity index (χ1) is 8.75. The molecule has 1 unspecified atom stereocenters. The van der Waals surface area contributed by atoms with Gasteiger partial charge in [0.05, 0.1) is 10.5 Å². The van der Waals surface area contributed by atoms with Crippen molar-refractivity contribution in [1.29, 1.82) is 0 Å². The van der Waals surface area contributed by atoms with Crippen LogP contribution in [0.3, 0.4) is 0 Å². The number of hydrogen-bond donors (Lipinski definition) is 1. The van der Waals surface area contributed by atoms with Gasteiger partial charge >= 0.3 is 6.18 Å². The lowest BCUT2D eigenvalue weighted by Crippen LogP contribution is -2.23. The third kappa shape index (κ3) is 4.20. The maximum Gasteiger partial charge on any atom is 0.416 e. The van der Waals surface area contributed by atoms with Gasteiger partial charge in [-0.2, -0.15) is 13.2 Å². The van der Waals surface area contributed by atoms with Crippen molar-refractivity contribution in [2.45, 2.75) is 38.4 Å². The van der Waals surface area contributed by atoms with Crippen LogP contribution in [0.5, 0.6) is 0 Å². The van der Waals surface area contributed by atoms with Gasteiger partial charge in [-0.15, -0.1) is 0 Å². The van der Waals surface area contributed by atoms with Gasteiger partial charge < -0.3 is 5.73 Å². The van der Waals surface area contributed by atoms with Crippen LogP contribution in [0.15, 0.2) is 18.2 Å². The topological polar surface area (TPSA) is 69.2 Å². The van der Waals surface area contributed by atoms with Crippen LogP contribution in [0.2, 0.25) is 0 Å². The van der Waals surface area contributed by atoms with Crippen LogP contribution >= 0.6 is 0 Å². The zero-order valence-electron chi connectivity index (χ0n) is 10.4. The van der Waals surface area contributed by atoms with E-state index in [1.54, 1.807) is 0 Å². The Bertz CT molecular complexity index is 461. The predicted molar refractivity (Wildman–Crippen MR) is 64.7 cm³/mol. The number of rotatable bonds is 5. The van der Waals surface area contributed by atoms with Crippen molar-refractivity contribution in [1.82, 2.24) is 0 Å². The minimum absolute atomic E-state index is 0.197. The summed E-state index contributed by atoms with van der Waals surface area (Å²) in [6.07, 6.45) is -2.91. The zero-order valence-corrected chi connectivity index (χ0v) is 10.4. The van der Waals surface area contributed by atoms with Crippen molar-refractivity contribution in [3.63, 3.8) is 0 Å². The van der Waals surface area contributed by atoms with Crippen LogP contribution < -0.4 is 5.73 Å². The molecule has 0 heterocycles. The van der Waals surface area contributed by atoms with Gasteiger partial charge in [-0.05, 0) is 18.9 Å². The molecule has 0 amide bonds. The van der Waals surface area contributed by atoms with Crippen LogP contribution in [0.25, 0.3) is 0 Å². The summed E-state index contributed by atoms with van der Waals surface area (Å²) in [5.74, 6) is 0. The highest BCUT2D eigenvalue weighted by Gasteiger charge is 2.33. The Kier molecular flexibility index (Phi) is 4.88. The van der Waals surface area contributed by atoms with E-state index >= 15 is 0 Å². The smallest absolute Gasteiger partial charge is 0.327 e. The highest BCUT2D eigenvalue weighted by molar-refractivity contribution is 5.44. The Hall–Kier alpha value is -1.63. The number of halogens is 3. The Morgan fingerprint density at radius 3 is 2.53 bits per heavy atom. The second kappa shape index (κ2) is 6.01. The highest BCUT2D eigenvalue weighted by Crippen LogP contribution is 2.33. The normalized spacial score (nSPS) is 13.3. The molecule has 0 saturated heterocycles. The molecule has 0 aromatic heterocycles.